The Morgan fingerprint density at radius 2 is 2.00 bits per heavy atom. The zero-order valence-electron chi connectivity index (χ0n) is 11.1. The van der Waals surface area contributed by atoms with Crippen LogP contribution in [0.3, 0.4) is 0 Å². The van der Waals surface area contributed by atoms with Crippen molar-refractivity contribution in [1.29, 1.82) is 0 Å². The zero-order chi connectivity index (χ0) is 14.5. The number of aromatic nitrogens is 3. The molecular formula is C12H15ClN6O. The third kappa shape index (κ3) is 3.46. The number of nitrogen functional groups attached to an aromatic ring is 1. The van der Waals surface area contributed by atoms with Gasteiger partial charge in [-0.1, -0.05) is 23.7 Å². The van der Waals surface area contributed by atoms with E-state index in [1.54, 1.807) is 0 Å². The quantitative estimate of drug-likeness (QED) is 0.573. The van der Waals surface area contributed by atoms with Crippen molar-refractivity contribution in [1.82, 2.24) is 15.0 Å². The first-order chi connectivity index (χ1) is 9.62. The number of rotatable bonds is 5. The molecule has 0 saturated carbocycles. The van der Waals surface area contributed by atoms with Gasteiger partial charge in [0.15, 0.2) is 0 Å². The van der Waals surface area contributed by atoms with E-state index in [0.717, 1.165) is 5.56 Å². The lowest BCUT2D eigenvalue weighted by Gasteiger charge is -2.15. The molecule has 0 amide bonds. The van der Waals surface area contributed by atoms with Crippen LogP contribution >= 0.6 is 11.6 Å². The van der Waals surface area contributed by atoms with Gasteiger partial charge in [0, 0.05) is 5.02 Å². The molecule has 0 bridgehead atoms. The van der Waals surface area contributed by atoms with Gasteiger partial charge in [0.05, 0.1) is 13.2 Å². The first-order valence-corrected chi connectivity index (χ1v) is 6.29. The largest absolute Gasteiger partial charge is 0.467 e. The molecule has 0 aliphatic rings. The monoisotopic (exact) mass is 294 g/mol. The standard InChI is InChI=1S/C12H15ClN6O/c1-7(8-4-3-5-9(13)6-8)15-10-16-11(19-14)18-12(17-10)20-2/h3-7H,14H2,1-2H3,(H2,15,16,17,18,19). The maximum atomic E-state index is 5.97. The zero-order valence-corrected chi connectivity index (χ0v) is 11.8. The molecule has 0 aliphatic heterocycles. The number of ether oxygens (including phenoxy) is 1. The Hall–Kier alpha value is -2.12. The highest BCUT2D eigenvalue weighted by Gasteiger charge is 2.10. The van der Waals surface area contributed by atoms with E-state index in [4.69, 9.17) is 22.2 Å². The summed E-state index contributed by atoms with van der Waals surface area (Å²) in [6.45, 7) is 1.97. The number of nitrogens with two attached hydrogens (primary N) is 1. The molecule has 1 unspecified atom stereocenters. The van der Waals surface area contributed by atoms with E-state index in [1.807, 2.05) is 31.2 Å². The smallest absolute Gasteiger partial charge is 0.322 e. The number of hydrogen-bond acceptors (Lipinski definition) is 7. The summed E-state index contributed by atoms with van der Waals surface area (Å²) < 4.78 is 4.98. The lowest BCUT2D eigenvalue weighted by atomic mass is 10.1. The summed E-state index contributed by atoms with van der Waals surface area (Å²) in [7, 11) is 1.47. The molecule has 1 atom stereocenters. The lowest BCUT2D eigenvalue weighted by Crippen LogP contribution is -2.15. The van der Waals surface area contributed by atoms with Gasteiger partial charge in [-0.05, 0) is 24.6 Å². The Morgan fingerprint density at radius 1 is 1.25 bits per heavy atom. The fourth-order valence-corrected chi connectivity index (χ4v) is 1.83. The fraction of sp³-hybridized carbons (Fsp3) is 0.250. The van der Waals surface area contributed by atoms with Crippen LogP contribution in [0.15, 0.2) is 24.3 Å². The summed E-state index contributed by atoms with van der Waals surface area (Å²) in [5.41, 5.74) is 3.37. The maximum Gasteiger partial charge on any atom is 0.322 e. The number of halogens is 1. The van der Waals surface area contributed by atoms with Crippen molar-refractivity contribution < 1.29 is 4.74 Å². The van der Waals surface area contributed by atoms with Gasteiger partial charge >= 0.3 is 6.01 Å². The second-order valence-corrected chi connectivity index (χ2v) is 4.47. The van der Waals surface area contributed by atoms with E-state index in [-0.39, 0.29) is 18.0 Å². The van der Waals surface area contributed by atoms with Crippen LogP contribution in [0.25, 0.3) is 0 Å². The number of hydrazine groups is 1. The Bertz CT molecular complexity index is 572. The molecule has 8 heteroatoms. The number of nitrogens with zero attached hydrogens (tertiary/aromatic N) is 3. The molecule has 2 aromatic rings. The van der Waals surface area contributed by atoms with E-state index in [1.165, 1.54) is 7.11 Å². The topological polar surface area (TPSA) is 98.0 Å². The first kappa shape index (κ1) is 14.3. The third-order valence-electron chi connectivity index (χ3n) is 2.62. The summed E-state index contributed by atoms with van der Waals surface area (Å²) in [6, 6.07) is 7.68. The number of nitrogens with one attached hydrogen (secondary N) is 2. The molecule has 1 heterocycles. The van der Waals surface area contributed by atoms with Crippen LogP contribution in [0.4, 0.5) is 11.9 Å². The molecule has 20 heavy (non-hydrogen) atoms. The highest BCUT2D eigenvalue weighted by atomic mass is 35.5. The Balaban J connectivity index is 2.20. The van der Waals surface area contributed by atoms with Crippen LogP contribution in [0.2, 0.25) is 5.02 Å². The molecular weight excluding hydrogens is 280 g/mol. The molecule has 0 radical (unpaired) electrons. The predicted octanol–water partition coefficient (Wildman–Crippen LogP) is 1.99. The minimum atomic E-state index is -0.0357. The van der Waals surface area contributed by atoms with Crippen molar-refractivity contribution in [2.75, 3.05) is 17.9 Å². The molecule has 4 N–H and O–H groups in total. The lowest BCUT2D eigenvalue weighted by molar-refractivity contribution is 0.379. The SMILES string of the molecule is COc1nc(NN)nc(NC(C)c2cccc(Cl)c2)n1. The molecule has 2 rings (SSSR count). The average molecular weight is 295 g/mol. The van der Waals surface area contributed by atoms with E-state index in [0.29, 0.717) is 11.0 Å². The van der Waals surface area contributed by atoms with Crippen molar-refractivity contribution in [3.8, 4) is 6.01 Å². The molecule has 1 aromatic carbocycles. The van der Waals surface area contributed by atoms with Crippen molar-refractivity contribution >= 4 is 23.5 Å². The van der Waals surface area contributed by atoms with E-state index in [2.05, 4.69) is 25.7 Å². The third-order valence-corrected chi connectivity index (χ3v) is 2.86. The maximum absolute atomic E-state index is 5.97. The van der Waals surface area contributed by atoms with Crippen LogP contribution < -0.4 is 21.3 Å². The highest BCUT2D eigenvalue weighted by molar-refractivity contribution is 6.30. The Morgan fingerprint density at radius 3 is 2.65 bits per heavy atom. The number of methoxy groups -OCH3 is 1. The Labute approximate surface area is 121 Å². The van der Waals surface area contributed by atoms with Crippen LogP contribution in [-0.4, -0.2) is 22.1 Å². The second kappa shape index (κ2) is 6.36. The van der Waals surface area contributed by atoms with Crippen LogP contribution in [0.1, 0.15) is 18.5 Å². The highest BCUT2D eigenvalue weighted by Crippen LogP contribution is 2.21. The average Bonchev–Trinajstić information content (AvgIpc) is 2.46. The van der Waals surface area contributed by atoms with Gasteiger partial charge in [-0.2, -0.15) is 15.0 Å². The van der Waals surface area contributed by atoms with E-state index >= 15 is 0 Å². The van der Waals surface area contributed by atoms with Crippen molar-refractivity contribution in [3.63, 3.8) is 0 Å². The van der Waals surface area contributed by atoms with Gasteiger partial charge < -0.3 is 10.1 Å². The summed E-state index contributed by atoms with van der Waals surface area (Å²) in [5, 5.41) is 3.81. The summed E-state index contributed by atoms with van der Waals surface area (Å²) in [4.78, 5) is 12.1. The van der Waals surface area contributed by atoms with Crippen LogP contribution in [-0.2, 0) is 0 Å². The van der Waals surface area contributed by atoms with Gasteiger partial charge in [-0.25, -0.2) is 5.84 Å². The van der Waals surface area contributed by atoms with Crippen molar-refractivity contribution in [2.24, 2.45) is 5.84 Å². The molecule has 106 valence electrons. The van der Waals surface area contributed by atoms with E-state index < -0.39 is 0 Å². The normalized spacial score (nSPS) is 11.8. The molecule has 1 aromatic heterocycles. The molecule has 0 aliphatic carbocycles. The molecule has 7 nitrogen and oxygen atoms in total. The molecule has 0 spiro atoms. The van der Waals surface area contributed by atoms with Crippen LogP contribution in [0, 0.1) is 0 Å². The second-order valence-electron chi connectivity index (χ2n) is 4.03. The van der Waals surface area contributed by atoms with Crippen molar-refractivity contribution in [3.05, 3.63) is 34.9 Å². The van der Waals surface area contributed by atoms with Gasteiger partial charge in [-0.15, -0.1) is 0 Å². The van der Waals surface area contributed by atoms with Gasteiger partial charge in [0.2, 0.25) is 11.9 Å². The summed E-state index contributed by atoms with van der Waals surface area (Å²) in [6.07, 6.45) is 0. The van der Waals surface area contributed by atoms with Crippen molar-refractivity contribution in [2.45, 2.75) is 13.0 Å². The van der Waals surface area contributed by atoms with Gasteiger partial charge in [-0.3, -0.25) is 5.43 Å². The fourth-order valence-electron chi connectivity index (χ4n) is 1.63. The minimum absolute atomic E-state index is 0.0357. The van der Waals surface area contributed by atoms with E-state index in [9.17, 15) is 0 Å². The molecule has 0 saturated heterocycles. The summed E-state index contributed by atoms with van der Waals surface area (Å²) >= 11 is 5.97. The van der Waals surface area contributed by atoms with Gasteiger partial charge in [0.25, 0.3) is 0 Å². The number of benzene rings is 1. The minimum Gasteiger partial charge on any atom is -0.467 e. The molecule has 0 fully saturated rings. The summed E-state index contributed by atoms with van der Waals surface area (Å²) in [5.74, 6) is 5.88. The first-order valence-electron chi connectivity index (χ1n) is 5.91. The Kier molecular flexibility index (Phi) is 4.54. The van der Waals surface area contributed by atoms with Gasteiger partial charge in [0.1, 0.15) is 0 Å². The number of hydrogen-bond donors (Lipinski definition) is 3. The predicted molar refractivity (Wildman–Crippen MR) is 77.7 cm³/mol. The number of anilines is 2. The van der Waals surface area contributed by atoms with Crippen LogP contribution in [0.5, 0.6) is 6.01 Å².